The first kappa shape index (κ1) is 17.3. The van der Waals surface area contributed by atoms with Gasteiger partial charge in [0.15, 0.2) is 5.96 Å². The summed E-state index contributed by atoms with van der Waals surface area (Å²) in [5, 5.41) is 0. The van der Waals surface area contributed by atoms with E-state index < -0.39 is 0 Å². The molecule has 0 aromatic heterocycles. The lowest BCUT2D eigenvalue weighted by atomic mass is 9.61. The maximum Gasteiger partial charge on any atom is 0.191 e. The molecule has 2 aliphatic carbocycles. The molecule has 2 N–H and O–H groups in total. The van der Waals surface area contributed by atoms with Gasteiger partial charge >= 0.3 is 0 Å². The van der Waals surface area contributed by atoms with Crippen molar-refractivity contribution in [1.29, 1.82) is 0 Å². The van der Waals surface area contributed by atoms with Crippen LogP contribution in [0, 0.1) is 5.41 Å². The summed E-state index contributed by atoms with van der Waals surface area (Å²) in [4.78, 5) is 7.19. The third-order valence-corrected chi connectivity index (χ3v) is 5.61. The smallest absolute Gasteiger partial charge is 0.191 e. The Hall–Kier alpha value is -0.0400. The summed E-state index contributed by atoms with van der Waals surface area (Å²) >= 11 is 0. The summed E-state index contributed by atoms with van der Waals surface area (Å²) < 4.78 is 5.95. The van der Waals surface area contributed by atoms with Crippen LogP contribution in [0.5, 0.6) is 0 Å². The lowest BCUT2D eigenvalue weighted by molar-refractivity contribution is -0.119. The first-order valence-electron chi connectivity index (χ1n) is 8.46. The molecular formula is C16H30IN3O. The number of halogens is 1. The van der Waals surface area contributed by atoms with Crippen LogP contribution in [-0.4, -0.2) is 42.7 Å². The van der Waals surface area contributed by atoms with Gasteiger partial charge in [-0.2, -0.15) is 0 Å². The maximum absolute atomic E-state index is 6.26. The topological polar surface area (TPSA) is 50.9 Å². The van der Waals surface area contributed by atoms with Gasteiger partial charge in [0.25, 0.3) is 0 Å². The predicted octanol–water partition coefficient (Wildman–Crippen LogP) is 3.14. The molecule has 0 radical (unpaired) electrons. The summed E-state index contributed by atoms with van der Waals surface area (Å²) in [5.74, 6) is 0.788. The Morgan fingerprint density at radius 1 is 1.19 bits per heavy atom. The summed E-state index contributed by atoms with van der Waals surface area (Å²) in [7, 11) is 0. The van der Waals surface area contributed by atoms with Crippen LogP contribution in [0.25, 0.3) is 0 Å². The normalized spacial score (nSPS) is 31.9. The highest BCUT2D eigenvalue weighted by atomic mass is 127. The standard InChI is InChI=1S/C16H29N3O.HI/c1-2-20-14-12-13(16(14)8-4-5-9-16)18-15(17)19-10-6-3-7-11-19;/h13-14H,2-12H2,1H3,(H2,17,18);1H. The average molecular weight is 407 g/mol. The molecule has 0 aromatic carbocycles. The fourth-order valence-electron chi connectivity index (χ4n) is 4.40. The third kappa shape index (κ3) is 3.33. The summed E-state index contributed by atoms with van der Waals surface area (Å²) in [6.07, 6.45) is 10.6. The van der Waals surface area contributed by atoms with Crippen LogP contribution in [0.1, 0.15) is 58.3 Å². The van der Waals surface area contributed by atoms with Crippen molar-refractivity contribution in [3.05, 3.63) is 0 Å². The molecule has 1 saturated heterocycles. The summed E-state index contributed by atoms with van der Waals surface area (Å²) in [6, 6.07) is 0.406. The number of likely N-dealkylation sites (tertiary alicyclic amines) is 1. The van der Waals surface area contributed by atoms with Gasteiger partial charge in [0.05, 0.1) is 12.1 Å². The van der Waals surface area contributed by atoms with Crippen LogP contribution in [0.4, 0.5) is 0 Å². The minimum absolute atomic E-state index is 0. The van der Waals surface area contributed by atoms with E-state index in [0.29, 0.717) is 17.6 Å². The number of piperidine rings is 1. The van der Waals surface area contributed by atoms with Crippen molar-refractivity contribution < 1.29 is 4.74 Å². The fraction of sp³-hybridized carbons (Fsp3) is 0.938. The molecule has 122 valence electrons. The van der Waals surface area contributed by atoms with Gasteiger partial charge in [-0.15, -0.1) is 24.0 Å². The molecule has 4 nitrogen and oxygen atoms in total. The third-order valence-electron chi connectivity index (χ3n) is 5.61. The molecule has 2 unspecified atom stereocenters. The Balaban J connectivity index is 0.00000161. The molecule has 0 aromatic rings. The molecule has 21 heavy (non-hydrogen) atoms. The highest BCUT2D eigenvalue weighted by Crippen LogP contribution is 2.56. The number of guanidine groups is 1. The van der Waals surface area contributed by atoms with Crippen molar-refractivity contribution in [2.75, 3.05) is 19.7 Å². The van der Waals surface area contributed by atoms with E-state index in [2.05, 4.69) is 11.8 Å². The molecular weight excluding hydrogens is 377 g/mol. The van der Waals surface area contributed by atoms with Crippen LogP contribution >= 0.6 is 24.0 Å². The van der Waals surface area contributed by atoms with Gasteiger partial charge in [-0.25, -0.2) is 4.99 Å². The molecule has 3 fully saturated rings. The lowest BCUT2D eigenvalue weighted by Crippen LogP contribution is -2.57. The van der Waals surface area contributed by atoms with E-state index in [1.54, 1.807) is 0 Å². The zero-order valence-corrected chi connectivity index (χ0v) is 15.6. The van der Waals surface area contributed by atoms with E-state index in [0.717, 1.165) is 32.1 Å². The highest BCUT2D eigenvalue weighted by Gasteiger charge is 2.57. The van der Waals surface area contributed by atoms with Crippen molar-refractivity contribution in [3.63, 3.8) is 0 Å². The Bertz CT molecular complexity index is 363. The van der Waals surface area contributed by atoms with Gasteiger partial charge < -0.3 is 15.4 Å². The van der Waals surface area contributed by atoms with E-state index in [9.17, 15) is 0 Å². The fourth-order valence-corrected chi connectivity index (χ4v) is 4.40. The van der Waals surface area contributed by atoms with Gasteiger partial charge in [-0.05, 0) is 45.4 Å². The summed E-state index contributed by atoms with van der Waals surface area (Å²) in [6.45, 7) is 5.10. The number of rotatable bonds is 3. The molecule has 1 spiro atoms. The number of hydrogen-bond acceptors (Lipinski definition) is 2. The van der Waals surface area contributed by atoms with Crippen LogP contribution in [0.2, 0.25) is 0 Å². The second kappa shape index (κ2) is 7.49. The van der Waals surface area contributed by atoms with Crippen molar-refractivity contribution in [2.24, 2.45) is 16.1 Å². The first-order chi connectivity index (χ1) is 9.76. The van der Waals surface area contributed by atoms with Crippen LogP contribution in [-0.2, 0) is 4.74 Å². The number of aliphatic imine (C=N–C) groups is 1. The second-order valence-electron chi connectivity index (χ2n) is 6.67. The molecule has 0 bridgehead atoms. The number of ether oxygens (including phenoxy) is 1. The van der Waals surface area contributed by atoms with Crippen LogP contribution < -0.4 is 5.73 Å². The molecule has 2 atom stereocenters. The summed E-state index contributed by atoms with van der Waals surface area (Å²) in [5.41, 5.74) is 6.58. The number of nitrogens with zero attached hydrogens (tertiary/aromatic N) is 2. The first-order valence-corrected chi connectivity index (χ1v) is 8.46. The van der Waals surface area contributed by atoms with Crippen LogP contribution in [0.3, 0.4) is 0 Å². The molecule has 1 heterocycles. The SMILES string of the molecule is CCOC1CC(N=C(N)N2CCCCC2)C12CCCC2.I. The van der Waals surface area contributed by atoms with Gasteiger partial charge in [-0.1, -0.05) is 12.8 Å². The zero-order chi connectivity index (χ0) is 14.0. The number of nitrogens with two attached hydrogens (primary N) is 1. The average Bonchev–Trinajstić information content (AvgIpc) is 2.99. The molecule has 0 amide bonds. The van der Waals surface area contributed by atoms with Gasteiger partial charge in [0, 0.05) is 25.1 Å². The van der Waals surface area contributed by atoms with Crippen molar-refractivity contribution in [2.45, 2.75) is 70.4 Å². The Kier molecular flexibility index (Phi) is 6.17. The lowest BCUT2D eigenvalue weighted by Gasteiger charge is -2.52. The van der Waals surface area contributed by atoms with Gasteiger partial charge in [0.1, 0.15) is 0 Å². The quantitative estimate of drug-likeness (QED) is 0.444. The second-order valence-corrected chi connectivity index (χ2v) is 6.67. The largest absolute Gasteiger partial charge is 0.378 e. The monoisotopic (exact) mass is 407 g/mol. The Labute approximate surface area is 145 Å². The van der Waals surface area contributed by atoms with Gasteiger partial charge in [0.2, 0.25) is 0 Å². The Morgan fingerprint density at radius 3 is 2.48 bits per heavy atom. The van der Waals surface area contributed by atoms with Crippen molar-refractivity contribution >= 4 is 29.9 Å². The molecule has 3 rings (SSSR count). The van der Waals surface area contributed by atoms with E-state index in [4.69, 9.17) is 15.5 Å². The Morgan fingerprint density at radius 2 is 1.86 bits per heavy atom. The van der Waals surface area contributed by atoms with E-state index in [1.807, 2.05) is 0 Å². The van der Waals surface area contributed by atoms with Crippen molar-refractivity contribution in [3.8, 4) is 0 Å². The predicted molar refractivity (Wildman–Crippen MR) is 97.2 cm³/mol. The van der Waals surface area contributed by atoms with E-state index in [1.165, 1.54) is 44.9 Å². The van der Waals surface area contributed by atoms with E-state index in [-0.39, 0.29) is 24.0 Å². The molecule has 1 aliphatic heterocycles. The minimum Gasteiger partial charge on any atom is -0.378 e. The molecule has 2 saturated carbocycles. The minimum atomic E-state index is 0. The molecule has 3 aliphatic rings. The van der Waals surface area contributed by atoms with E-state index >= 15 is 0 Å². The number of hydrogen-bond donors (Lipinski definition) is 1. The molecule has 5 heteroatoms. The van der Waals surface area contributed by atoms with Crippen molar-refractivity contribution in [1.82, 2.24) is 4.90 Å². The zero-order valence-electron chi connectivity index (χ0n) is 13.2. The highest BCUT2D eigenvalue weighted by molar-refractivity contribution is 14.0. The van der Waals surface area contributed by atoms with Crippen LogP contribution in [0.15, 0.2) is 4.99 Å². The van der Waals surface area contributed by atoms with Gasteiger partial charge in [-0.3, -0.25) is 0 Å². The maximum atomic E-state index is 6.26.